The number of aryl methyl sites for hydroxylation is 1. The van der Waals surface area contributed by atoms with Gasteiger partial charge in [-0.25, -0.2) is 8.42 Å². The number of hydrogen-bond acceptors (Lipinski definition) is 6. The van der Waals surface area contributed by atoms with E-state index in [0.717, 1.165) is 5.56 Å². The first-order valence-electron chi connectivity index (χ1n) is 11.7. The first-order valence-corrected chi connectivity index (χ1v) is 13.2. The molecule has 0 aliphatic heterocycles. The summed E-state index contributed by atoms with van der Waals surface area (Å²) in [4.78, 5) is 26.4. The standard InChI is InChI=1S/C27H34O6S/c1-27(22(15-17-25(27)29)26(32-2)33-3)19-18-23(28)24(16-14-20-10-6-4-7-11-20)34(30,31)21-12-8-5-9-13-21/h4-13,22,24,26H,14-19H2,1-3H3/t22-,24?,27-/m1/s1. The van der Waals surface area contributed by atoms with Crippen LogP contribution in [0, 0.1) is 11.3 Å². The van der Waals surface area contributed by atoms with Crippen LogP contribution in [0.25, 0.3) is 0 Å². The Morgan fingerprint density at radius 3 is 2.21 bits per heavy atom. The molecular formula is C27H34O6S. The third-order valence-electron chi connectivity index (χ3n) is 7.17. The molecule has 0 heterocycles. The number of sulfone groups is 1. The van der Waals surface area contributed by atoms with Crippen molar-refractivity contribution in [1.29, 1.82) is 0 Å². The Bertz CT molecular complexity index is 1060. The van der Waals surface area contributed by atoms with Crippen molar-refractivity contribution in [3.63, 3.8) is 0 Å². The van der Waals surface area contributed by atoms with Crippen molar-refractivity contribution in [2.45, 2.75) is 61.9 Å². The van der Waals surface area contributed by atoms with Gasteiger partial charge in [0.05, 0.1) is 4.90 Å². The van der Waals surface area contributed by atoms with Crippen molar-refractivity contribution in [1.82, 2.24) is 0 Å². The van der Waals surface area contributed by atoms with Gasteiger partial charge in [0, 0.05) is 38.4 Å². The van der Waals surface area contributed by atoms with E-state index in [9.17, 15) is 18.0 Å². The van der Waals surface area contributed by atoms with Crippen LogP contribution in [0.3, 0.4) is 0 Å². The number of carbonyl (C=O) groups is 2. The Balaban J connectivity index is 1.82. The monoisotopic (exact) mass is 486 g/mol. The summed E-state index contributed by atoms with van der Waals surface area (Å²) in [6, 6.07) is 17.7. The predicted molar refractivity (Wildman–Crippen MR) is 130 cm³/mol. The summed E-state index contributed by atoms with van der Waals surface area (Å²) in [5.41, 5.74) is 0.178. The van der Waals surface area contributed by atoms with Crippen molar-refractivity contribution < 1.29 is 27.5 Å². The predicted octanol–water partition coefficient (Wildman–Crippen LogP) is 4.42. The van der Waals surface area contributed by atoms with Crippen molar-refractivity contribution in [3.05, 3.63) is 66.2 Å². The largest absolute Gasteiger partial charge is 0.356 e. The molecule has 6 nitrogen and oxygen atoms in total. The number of methoxy groups -OCH3 is 2. The Morgan fingerprint density at radius 2 is 1.62 bits per heavy atom. The molecule has 1 saturated carbocycles. The maximum atomic E-state index is 13.5. The maximum Gasteiger partial charge on any atom is 0.188 e. The van der Waals surface area contributed by atoms with E-state index in [0.29, 0.717) is 19.3 Å². The van der Waals surface area contributed by atoms with Gasteiger partial charge >= 0.3 is 0 Å². The summed E-state index contributed by atoms with van der Waals surface area (Å²) in [6.45, 7) is 1.84. The van der Waals surface area contributed by atoms with Crippen LogP contribution in [0.1, 0.15) is 44.6 Å². The van der Waals surface area contributed by atoms with E-state index in [4.69, 9.17) is 9.47 Å². The summed E-state index contributed by atoms with van der Waals surface area (Å²) in [7, 11) is -0.800. The van der Waals surface area contributed by atoms with Gasteiger partial charge in [-0.3, -0.25) is 9.59 Å². The highest BCUT2D eigenvalue weighted by atomic mass is 32.2. The second-order valence-corrected chi connectivity index (χ2v) is 11.3. The van der Waals surface area contributed by atoms with E-state index in [2.05, 4.69) is 0 Å². The molecule has 2 aromatic carbocycles. The van der Waals surface area contributed by atoms with Crippen LogP contribution in [-0.2, 0) is 35.3 Å². The zero-order valence-electron chi connectivity index (χ0n) is 20.1. The number of Topliss-reactive ketones (excluding diaryl/α,β-unsaturated/α-hetero) is 2. The van der Waals surface area contributed by atoms with Crippen LogP contribution in [0.4, 0.5) is 0 Å². The third-order valence-corrected chi connectivity index (χ3v) is 9.34. The minimum Gasteiger partial charge on any atom is -0.356 e. The van der Waals surface area contributed by atoms with Gasteiger partial charge in [0.15, 0.2) is 21.9 Å². The molecule has 7 heteroatoms. The molecule has 184 valence electrons. The van der Waals surface area contributed by atoms with Crippen molar-refractivity contribution in [2.24, 2.45) is 11.3 Å². The first kappa shape index (κ1) is 26.3. The van der Waals surface area contributed by atoms with Crippen molar-refractivity contribution in [3.8, 4) is 0 Å². The van der Waals surface area contributed by atoms with Crippen LogP contribution in [-0.4, -0.2) is 45.7 Å². The summed E-state index contributed by atoms with van der Waals surface area (Å²) < 4.78 is 37.8. The van der Waals surface area contributed by atoms with Gasteiger partial charge in [0.25, 0.3) is 0 Å². The normalized spacial score (nSPS) is 21.6. The third kappa shape index (κ3) is 5.65. The molecule has 1 fully saturated rings. The average Bonchev–Trinajstić information content (AvgIpc) is 3.14. The summed E-state index contributed by atoms with van der Waals surface area (Å²) in [6.07, 6.45) is 1.40. The van der Waals surface area contributed by atoms with E-state index in [-0.39, 0.29) is 41.6 Å². The molecule has 1 aliphatic rings. The van der Waals surface area contributed by atoms with Crippen LogP contribution < -0.4 is 0 Å². The summed E-state index contributed by atoms with van der Waals surface area (Å²) in [5, 5.41) is -1.17. The van der Waals surface area contributed by atoms with Gasteiger partial charge in [-0.05, 0) is 43.4 Å². The fourth-order valence-corrected chi connectivity index (χ4v) is 6.79. The van der Waals surface area contributed by atoms with Crippen LogP contribution in [0.5, 0.6) is 0 Å². The number of ether oxygens (including phenoxy) is 2. The van der Waals surface area contributed by atoms with E-state index >= 15 is 0 Å². The van der Waals surface area contributed by atoms with Crippen LogP contribution in [0.15, 0.2) is 65.6 Å². The van der Waals surface area contributed by atoms with Crippen LogP contribution in [0.2, 0.25) is 0 Å². The Kier molecular flexibility index (Phi) is 8.79. The van der Waals surface area contributed by atoms with Crippen molar-refractivity contribution >= 4 is 21.4 Å². The maximum absolute atomic E-state index is 13.5. The number of rotatable bonds is 12. The number of hydrogen-bond donors (Lipinski definition) is 0. The summed E-state index contributed by atoms with van der Waals surface area (Å²) >= 11 is 0. The lowest BCUT2D eigenvalue weighted by molar-refractivity contribution is -0.164. The molecule has 3 atom stereocenters. The smallest absolute Gasteiger partial charge is 0.188 e. The van der Waals surface area contributed by atoms with E-state index < -0.39 is 26.8 Å². The second-order valence-electron chi connectivity index (χ2n) is 9.16. The lowest BCUT2D eigenvalue weighted by atomic mass is 9.74. The van der Waals surface area contributed by atoms with E-state index in [1.807, 2.05) is 37.3 Å². The van der Waals surface area contributed by atoms with Gasteiger partial charge < -0.3 is 9.47 Å². The number of ketones is 2. The molecule has 3 rings (SSSR count). The highest BCUT2D eigenvalue weighted by Crippen LogP contribution is 2.46. The zero-order chi connectivity index (χ0) is 24.8. The molecule has 34 heavy (non-hydrogen) atoms. The topological polar surface area (TPSA) is 86.7 Å². The zero-order valence-corrected chi connectivity index (χ0v) is 20.9. The average molecular weight is 487 g/mol. The lowest BCUT2D eigenvalue weighted by Crippen LogP contribution is -2.39. The molecule has 1 aliphatic carbocycles. The quantitative estimate of drug-likeness (QED) is 0.413. The highest BCUT2D eigenvalue weighted by molar-refractivity contribution is 7.92. The summed E-state index contributed by atoms with van der Waals surface area (Å²) in [5.74, 6) is -0.474. The second kappa shape index (κ2) is 11.4. The Labute approximate surface area is 202 Å². The molecule has 0 aromatic heterocycles. The molecule has 0 saturated heterocycles. The van der Waals surface area contributed by atoms with Gasteiger partial charge in [0.1, 0.15) is 11.0 Å². The molecule has 0 spiro atoms. The lowest BCUT2D eigenvalue weighted by Gasteiger charge is -2.34. The van der Waals surface area contributed by atoms with E-state index in [1.165, 1.54) is 26.4 Å². The number of benzene rings is 2. The highest BCUT2D eigenvalue weighted by Gasteiger charge is 2.50. The first-order chi connectivity index (χ1) is 16.2. The van der Waals surface area contributed by atoms with Gasteiger partial charge in [-0.1, -0.05) is 55.5 Å². The van der Waals surface area contributed by atoms with Gasteiger partial charge in [-0.2, -0.15) is 0 Å². The van der Waals surface area contributed by atoms with E-state index in [1.54, 1.807) is 18.2 Å². The molecule has 0 amide bonds. The molecule has 0 N–H and O–H groups in total. The Morgan fingerprint density at radius 1 is 1.03 bits per heavy atom. The fourth-order valence-electron chi connectivity index (χ4n) is 5.03. The Hall–Kier alpha value is -2.35. The van der Waals surface area contributed by atoms with Gasteiger partial charge in [-0.15, -0.1) is 0 Å². The molecule has 0 bridgehead atoms. The number of carbonyl (C=O) groups excluding carboxylic acids is 2. The molecule has 1 unspecified atom stereocenters. The molecular weight excluding hydrogens is 452 g/mol. The van der Waals surface area contributed by atoms with Crippen molar-refractivity contribution in [2.75, 3.05) is 14.2 Å². The molecule has 0 radical (unpaired) electrons. The van der Waals surface area contributed by atoms with Gasteiger partial charge in [0.2, 0.25) is 0 Å². The van der Waals surface area contributed by atoms with Crippen LogP contribution >= 0.6 is 0 Å². The SMILES string of the molecule is COC(OC)[C@H]1CCC(=O)[C@]1(C)CCC(=O)C(CCc1ccccc1)S(=O)(=O)c1ccccc1. The minimum atomic E-state index is -3.87. The minimum absolute atomic E-state index is 0.00437. The fraction of sp³-hybridized carbons (Fsp3) is 0.481. The molecule has 2 aromatic rings.